The second-order valence-corrected chi connectivity index (χ2v) is 7.10. The minimum atomic E-state index is -1.25. The number of aromatic carboxylic acids is 1. The summed E-state index contributed by atoms with van der Waals surface area (Å²) in [6.07, 6.45) is 4.24. The van der Waals surface area contributed by atoms with Crippen molar-refractivity contribution in [2.24, 2.45) is 5.73 Å². The van der Waals surface area contributed by atoms with Crippen LogP contribution in [0.25, 0.3) is 5.71 Å². The number of amides is 1. The molecule has 0 spiro atoms. The zero-order valence-corrected chi connectivity index (χ0v) is 18.0. The van der Waals surface area contributed by atoms with Crippen molar-refractivity contribution in [2.75, 3.05) is 7.11 Å². The van der Waals surface area contributed by atoms with Gasteiger partial charge in [0, 0.05) is 36.0 Å². The van der Waals surface area contributed by atoms with Crippen LogP contribution >= 0.6 is 0 Å². The van der Waals surface area contributed by atoms with Crippen molar-refractivity contribution in [1.82, 2.24) is 9.38 Å². The first-order chi connectivity index (χ1) is 16.1. The number of pyridine rings is 2. The predicted octanol–water partition coefficient (Wildman–Crippen LogP) is 2.96. The Kier molecular flexibility index (Phi) is 7.05. The number of rotatable bonds is 5. The molecule has 0 aliphatic carbocycles. The summed E-state index contributed by atoms with van der Waals surface area (Å²) in [5.74, 6) is -3.58. The summed E-state index contributed by atoms with van der Waals surface area (Å²) in [5.41, 5.74) is 6.23. The number of oxazole rings is 1. The molecule has 34 heavy (non-hydrogen) atoms. The van der Waals surface area contributed by atoms with E-state index in [0.29, 0.717) is 22.6 Å². The van der Waals surface area contributed by atoms with E-state index < -0.39 is 23.5 Å². The SMILES string of the molecule is COc1cc(C(N)=O)ccn1.Cc1c(=O)c(Cc2ccc(F)c(F)c2)cn2cc(C(=O)O)oc12. The second-order valence-electron chi connectivity index (χ2n) is 7.10. The highest BCUT2D eigenvalue weighted by molar-refractivity contribution is 5.92. The van der Waals surface area contributed by atoms with Crippen LogP contribution in [0.4, 0.5) is 8.78 Å². The summed E-state index contributed by atoms with van der Waals surface area (Å²) in [5, 5.41) is 8.94. The highest BCUT2D eigenvalue weighted by Gasteiger charge is 2.16. The highest BCUT2D eigenvalue weighted by atomic mass is 19.2. The molecule has 3 aromatic heterocycles. The van der Waals surface area contributed by atoms with Crippen molar-refractivity contribution in [1.29, 1.82) is 0 Å². The predicted molar refractivity (Wildman–Crippen MR) is 116 cm³/mol. The van der Waals surface area contributed by atoms with Gasteiger partial charge in [0.1, 0.15) is 0 Å². The van der Waals surface area contributed by atoms with Crippen molar-refractivity contribution in [3.63, 3.8) is 0 Å². The fraction of sp³-hybridized carbons (Fsp3) is 0.130. The molecule has 3 heterocycles. The Bertz CT molecular complexity index is 1440. The number of carbonyl (C=O) groups is 2. The lowest BCUT2D eigenvalue weighted by Gasteiger charge is -2.05. The molecule has 0 radical (unpaired) electrons. The Morgan fingerprint density at radius 3 is 2.53 bits per heavy atom. The molecule has 9 nitrogen and oxygen atoms in total. The average Bonchev–Trinajstić information content (AvgIpc) is 3.25. The van der Waals surface area contributed by atoms with Crippen LogP contribution in [0.15, 0.2) is 58.1 Å². The van der Waals surface area contributed by atoms with Crippen molar-refractivity contribution >= 4 is 17.6 Å². The Labute approximate surface area is 191 Å². The number of halogens is 2. The molecule has 4 aromatic rings. The van der Waals surface area contributed by atoms with Gasteiger partial charge in [-0.1, -0.05) is 6.07 Å². The maximum Gasteiger partial charge on any atom is 0.373 e. The maximum atomic E-state index is 13.3. The molecule has 11 heteroatoms. The number of nitrogens with zero attached hydrogens (tertiary/aromatic N) is 2. The highest BCUT2D eigenvalue weighted by Crippen LogP contribution is 2.16. The van der Waals surface area contributed by atoms with E-state index in [4.69, 9.17) is 20.0 Å². The fourth-order valence-corrected chi connectivity index (χ4v) is 3.07. The third-order valence-corrected chi connectivity index (χ3v) is 4.76. The molecule has 3 N–H and O–H groups in total. The number of benzene rings is 1. The van der Waals surface area contributed by atoms with E-state index in [1.165, 1.54) is 55.2 Å². The van der Waals surface area contributed by atoms with Gasteiger partial charge in [-0.3, -0.25) is 14.0 Å². The molecule has 0 saturated heterocycles. The van der Waals surface area contributed by atoms with Gasteiger partial charge in [-0.25, -0.2) is 18.6 Å². The van der Waals surface area contributed by atoms with Crippen molar-refractivity contribution in [3.05, 3.63) is 98.8 Å². The quantitative estimate of drug-likeness (QED) is 0.456. The van der Waals surface area contributed by atoms with E-state index in [-0.39, 0.29) is 28.9 Å². The Balaban J connectivity index is 0.000000248. The summed E-state index contributed by atoms with van der Waals surface area (Å²) in [6.45, 7) is 1.52. The summed E-state index contributed by atoms with van der Waals surface area (Å²) in [6, 6.07) is 6.43. The van der Waals surface area contributed by atoms with Crippen LogP contribution in [0.1, 0.15) is 37.6 Å². The standard InChI is InChI=1S/C16H11F2NO4.C7H8N2O2/c1-8-14(20)10(4-9-2-3-11(17)12(18)5-9)6-19-7-13(16(21)22)23-15(8)19;1-11-6-4-5(7(8)10)2-3-9-6/h2-3,5-7H,4H2,1H3,(H,21,22);2-4H,1H3,(H2,8,10). The number of hydrogen-bond donors (Lipinski definition) is 2. The lowest BCUT2D eigenvalue weighted by Crippen LogP contribution is -2.14. The number of aryl methyl sites for hydroxylation is 1. The number of ether oxygens (including phenoxy) is 1. The van der Waals surface area contributed by atoms with E-state index in [0.717, 1.165) is 12.1 Å². The molecular weight excluding hydrogens is 452 g/mol. The first-order valence-electron chi connectivity index (χ1n) is 9.72. The van der Waals surface area contributed by atoms with Gasteiger partial charge in [0.15, 0.2) is 17.1 Å². The molecule has 176 valence electrons. The number of carbonyl (C=O) groups excluding carboxylic acids is 1. The molecule has 4 rings (SSSR count). The van der Waals surface area contributed by atoms with Gasteiger partial charge < -0.3 is 20.0 Å². The summed E-state index contributed by atoms with van der Waals surface area (Å²) < 4.78 is 37.5. The van der Waals surface area contributed by atoms with Gasteiger partial charge in [0.05, 0.1) is 18.9 Å². The maximum absolute atomic E-state index is 13.3. The number of aromatic nitrogens is 2. The number of carboxylic acids is 1. The minimum absolute atomic E-state index is 0.0907. The van der Waals surface area contributed by atoms with Gasteiger partial charge in [-0.15, -0.1) is 0 Å². The van der Waals surface area contributed by atoms with Crippen LogP contribution in [-0.2, 0) is 6.42 Å². The van der Waals surface area contributed by atoms with E-state index in [1.807, 2.05) is 0 Å². The normalized spacial score (nSPS) is 10.5. The van der Waals surface area contributed by atoms with E-state index in [1.54, 1.807) is 0 Å². The van der Waals surface area contributed by atoms with Crippen LogP contribution in [0.3, 0.4) is 0 Å². The molecule has 0 aliphatic heterocycles. The fourth-order valence-electron chi connectivity index (χ4n) is 3.07. The number of primary amides is 1. The molecular formula is C23H19F2N3O6. The first kappa shape index (κ1) is 24.1. The number of methoxy groups -OCH3 is 1. The Hall–Kier alpha value is -4.54. The minimum Gasteiger partial charge on any atom is -0.481 e. The van der Waals surface area contributed by atoms with Gasteiger partial charge in [-0.2, -0.15) is 0 Å². The van der Waals surface area contributed by atoms with Crippen LogP contribution in [0.5, 0.6) is 5.88 Å². The molecule has 0 bridgehead atoms. The van der Waals surface area contributed by atoms with Crippen LogP contribution in [0.2, 0.25) is 0 Å². The lowest BCUT2D eigenvalue weighted by molar-refractivity contribution is 0.0664. The smallest absolute Gasteiger partial charge is 0.373 e. The Morgan fingerprint density at radius 2 is 1.91 bits per heavy atom. The van der Waals surface area contributed by atoms with Gasteiger partial charge in [0.2, 0.25) is 23.3 Å². The number of hydrogen-bond acceptors (Lipinski definition) is 6. The van der Waals surface area contributed by atoms with Crippen LogP contribution in [0, 0.1) is 18.6 Å². The average molecular weight is 471 g/mol. The number of nitrogens with two attached hydrogens (primary N) is 1. The molecule has 0 atom stereocenters. The molecule has 0 fully saturated rings. The van der Waals surface area contributed by atoms with Crippen molar-refractivity contribution in [2.45, 2.75) is 13.3 Å². The van der Waals surface area contributed by atoms with Crippen molar-refractivity contribution < 1.29 is 32.6 Å². The zero-order chi connectivity index (χ0) is 25.0. The van der Waals surface area contributed by atoms with Crippen LogP contribution < -0.4 is 15.9 Å². The summed E-state index contributed by atoms with van der Waals surface area (Å²) in [7, 11) is 1.48. The third kappa shape index (κ3) is 5.26. The topological polar surface area (TPSA) is 137 Å². The number of carboxylic acid groups (broad SMARTS) is 1. The zero-order valence-electron chi connectivity index (χ0n) is 18.0. The first-order valence-corrected chi connectivity index (χ1v) is 9.72. The van der Waals surface area contributed by atoms with Gasteiger partial charge >= 0.3 is 5.97 Å². The molecule has 0 saturated carbocycles. The Morgan fingerprint density at radius 1 is 1.18 bits per heavy atom. The third-order valence-electron chi connectivity index (χ3n) is 4.76. The summed E-state index contributed by atoms with van der Waals surface area (Å²) >= 11 is 0. The monoisotopic (exact) mass is 471 g/mol. The van der Waals surface area contributed by atoms with Crippen molar-refractivity contribution in [3.8, 4) is 5.88 Å². The number of fused-ring (bicyclic) bond motifs is 1. The molecule has 1 aromatic carbocycles. The van der Waals surface area contributed by atoms with E-state index >= 15 is 0 Å². The van der Waals surface area contributed by atoms with E-state index in [9.17, 15) is 23.2 Å². The molecule has 0 aliphatic rings. The van der Waals surface area contributed by atoms with Gasteiger partial charge in [-0.05, 0) is 30.7 Å². The van der Waals surface area contributed by atoms with Gasteiger partial charge in [0.25, 0.3) is 0 Å². The molecule has 1 amide bonds. The molecule has 0 unspecified atom stereocenters. The lowest BCUT2D eigenvalue weighted by atomic mass is 10.0. The second kappa shape index (κ2) is 9.94. The summed E-state index contributed by atoms with van der Waals surface area (Å²) in [4.78, 5) is 37.7. The largest absolute Gasteiger partial charge is 0.481 e. The van der Waals surface area contributed by atoms with Crippen LogP contribution in [-0.4, -0.2) is 33.5 Å². The van der Waals surface area contributed by atoms with E-state index in [2.05, 4.69) is 4.98 Å².